The molecular weight excluding hydrogens is 354 g/mol. The van der Waals surface area contributed by atoms with Gasteiger partial charge in [0.2, 0.25) is 0 Å². The van der Waals surface area contributed by atoms with E-state index in [1.165, 1.54) is 19.1 Å². The number of nitrogens with zero attached hydrogens (tertiary/aromatic N) is 2. The third-order valence-electron chi connectivity index (χ3n) is 3.31. The molecule has 1 aromatic heterocycles. The Kier molecular flexibility index (Phi) is 5.38. The molecule has 0 saturated carbocycles. The predicted molar refractivity (Wildman–Crippen MR) is 87.6 cm³/mol. The van der Waals surface area contributed by atoms with E-state index in [2.05, 4.69) is 10.5 Å². The summed E-state index contributed by atoms with van der Waals surface area (Å²) in [4.78, 5) is 34.3. The summed E-state index contributed by atoms with van der Waals surface area (Å²) in [5.74, 6) is -1.10. The van der Waals surface area contributed by atoms with Crippen LogP contribution in [0.1, 0.15) is 28.7 Å². The first kappa shape index (κ1) is 18.4. The van der Waals surface area contributed by atoms with Gasteiger partial charge in [-0.15, -0.1) is 0 Å². The standard InChI is InChI=1S/C15H14ClN3O6/c1-7-13(8(2)25-18-7)15(21)24-9(3)14(20)17-12-5-4-10(19(22)23)6-11(12)16/h4-6,9H,1-3H3,(H,17,20). The zero-order valence-electron chi connectivity index (χ0n) is 13.5. The van der Waals surface area contributed by atoms with Crippen LogP contribution in [0.3, 0.4) is 0 Å². The maximum Gasteiger partial charge on any atom is 0.344 e. The van der Waals surface area contributed by atoms with E-state index in [9.17, 15) is 19.7 Å². The maximum absolute atomic E-state index is 12.1. The molecule has 0 fully saturated rings. The molecule has 1 unspecified atom stereocenters. The van der Waals surface area contributed by atoms with Gasteiger partial charge in [0, 0.05) is 12.1 Å². The summed E-state index contributed by atoms with van der Waals surface area (Å²) in [5, 5.41) is 16.8. The molecule has 1 atom stereocenters. The van der Waals surface area contributed by atoms with Crippen LogP contribution in [-0.2, 0) is 9.53 Å². The molecule has 9 nitrogen and oxygen atoms in total. The average Bonchev–Trinajstić information content (AvgIpc) is 2.87. The number of rotatable bonds is 5. The second kappa shape index (κ2) is 7.31. The lowest BCUT2D eigenvalue weighted by molar-refractivity contribution is -0.384. The molecule has 0 aliphatic rings. The first-order chi connectivity index (χ1) is 11.7. The second-order valence-electron chi connectivity index (χ2n) is 5.16. The molecule has 25 heavy (non-hydrogen) atoms. The fourth-order valence-electron chi connectivity index (χ4n) is 2.00. The van der Waals surface area contributed by atoms with Crippen molar-refractivity contribution in [1.82, 2.24) is 5.16 Å². The van der Waals surface area contributed by atoms with E-state index < -0.39 is 22.9 Å². The molecule has 0 saturated heterocycles. The molecule has 1 amide bonds. The molecule has 0 aliphatic carbocycles. The maximum atomic E-state index is 12.1. The van der Waals surface area contributed by atoms with Gasteiger partial charge in [0.15, 0.2) is 6.10 Å². The van der Waals surface area contributed by atoms with Gasteiger partial charge in [-0.25, -0.2) is 4.79 Å². The van der Waals surface area contributed by atoms with Crippen molar-refractivity contribution < 1.29 is 23.8 Å². The van der Waals surface area contributed by atoms with Crippen LogP contribution in [-0.4, -0.2) is 28.1 Å². The largest absolute Gasteiger partial charge is 0.449 e. The minimum absolute atomic E-state index is 0.00759. The number of carbonyl (C=O) groups is 2. The molecule has 10 heteroatoms. The molecule has 1 heterocycles. The number of hydrogen-bond donors (Lipinski definition) is 1. The van der Waals surface area contributed by atoms with Gasteiger partial charge in [-0.05, 0) is 26.8 Å². The van der Waals surface area contributed by atoms with Crippen molar-refractivity contribution in [3.63, 3.8) is 0 Å². The molecule has 2 rings (SSSR count). The topological polar surface area (TPSA) is 125 Å². The van der Waals surface area contributed by atoms with E-state index in [4.69, 9.17) is 20.9 Å². The quantitative estimate of drug-likeness (QED) is 0.489. The van der Waals surface area contributed by atoms with Crippen LogP contribution in [0.25, 0.3) is 0 Å². The molecule has 1 N–H and O–H groups in total. The minimum Gasteiger partial charge on any atom is -0.449 e. The monoisotopic (exact) mass is 367 g/mol. The first-order valence-electron chi connectivity index (χ1n) is 7.09. The van der Waals surface area contributed by atoms with Crippen molar-refractivity contribution in [2.75, 3.05) is 5.32 Å². The zero-order valence-corrected chi connectivity index (χ0v) is 14.3. The van der Waals surface area contributed by atoms with Crippen molar-refractivity contribution in [2.24, 2.45) is 0 Å². The number of carbonyl (C=O) groups excluding carboxylic acids is 2. The number of non-ortho nitro benzene ring substituents is 1. The van der Waals surface area contributed by atoms with Crippen LogP contribution in [0, 0.1) is 24.0 Å². The predicted octanol–water partition coefficient (Wildman–Crippen LogP) is 3.04. The Balaban J connectivity index is 2.06. The van der Waals surface area contributed by atoms with Crippen LogP contribution in [0.15, 0.2) is 22.7 Å². The second-order valence-corrected chi connectivity index (χ2v) is 5.56. The third kappa shape index (κ3) is 4.13. The van der Waals surface area contributed by atoms with E-state index in [-0.39, 0.29) is 27.7 Å². The Labute approximate surface area is 147 Å². The van der Waals surface area contributed by atoms with Crippen molar-refractivity contribution in [3.05, 3.63) is 50.4 Å². The van der Waals surface area contributed by atoms with Crippen LogP contribution < -0.4 is 5.32 Å². The number of nitro groups is 1. The van der Waals surface area contributed by atoms with Gasteiger partial charge in [0.05, 0.1) is 21.3 Å². The molecule has 1 aromatic carbocycles. The van der Waals surface area contributed by atoms with Gasteiger partial charge in [-0.1, -0.05) is 16.8 Å². The summed E-state index contributed by atoms with van der Waals surface area (Å²) < 4.78 is 9.97. The van der Waals surface area contributed by atoms with Gasteiger partial charge >= 0.3 is 5.97 Å². The Hall–Kier alpha value is -2.94. The summed E-state index contributed by atoms with van der Waals surface area (Å²) >= 11 is 5.90. The number of esters is 1. The lowest BCUT2D eigenvalue weighted by Gasteiger charge is -2.14. The van der Waals surface area contributed by atoms with E-state index in [0.717, 1.165) is 6.07 Å². The Morgan fingerprint density at radius 2 is 2.08 bits per heavy atom. The summed E-state index contributed by atoms with van der Waals surface area (Å²) in [6, 6.07) is 3.60. The Morgan fingerprint density at radius 1 is 1.40 bits per heavy atom. The van der Waals surface area contributed by atoms with Crippen molar-refractivity contribution in [1.29, 1.82) is 0 Å². The lowest BCUT2D eigenvalue weighted by Crippen LogP contribution is -2.30. The molecule has 0 radical (unpaired) electrons. The van der Waals surface area contributed by atoms with Crippen LogP contribution >= 0.6 is 11.6 Å². The first-order valence-corrected chi connectivity index (χ1v) is 7.47. The number of benzene rings is 1. The van der Waals surface area contributed by atoms with Crippen LogP contribution in [0.5, 0.6) is 0 Å². The number of amides is 1. The SMILES string of the molecule is Cc1noc(C)c1C(=O)OC(C)C(=O)Nc1ccc([N+](=O)[O-])cc1Cl. The highest BCUT2D eigenvalue weighted by Crippen LogP contribution is 2.27. The molecular formula is C15H14ClN3O6. The fraction of sp³-hybridized carbons (Fsp3) is 0.267. The highest BCUT2D eigenvalue weighted by Gasteiger charge is 2.24. The molecule has 0 aliphatic heterocycles. The Morgan fingerprint density at radius 3 is 2.60 bits per heavy atom. The number of anilines is 1. The molecule has 132 valence electrons. The number of aryl methyl sites for hydroxylation is 2. The smallest absolute Gasteiger partial charge is 0.344 e. The fourth-order valence-corrected chi connectivity index (χ4v) is 2.22. The number of nitro benzene ring substituents is 1. The van der Waals surface area contributed by atoms with Gasteiger partial charge in [-0.2, -0.15) is 0 Å². The van der Waals surface area contributed by atoms with E-state index in [1.807, 2.05) is 0 Å². The highest BCUT2D eigenvalue weighted by molar-refractivity contribution is 6.34. The molecule has 0 spiro atoms. The van der Waals surface area contributed by atoms with Crippen LogP contribution in [0.2, 0.25) is 5.02 Å². The minimum atomic E-state index is -1.13. The number of nitrogens with one attached hydrogen (secondary N) is 1. The summed E-state index contributed by atoms with van der Waals surface area (Å²) in [6.07, 6.45) is -1.13. The van der Waals surface area contributed by atoms with Crippen LogP contribution in [0.4, 0.5) is 11.4 Å². The number of halogens is 1. The third-order valence-corrected chi connectivity index (χ3v) is 3.62. The summed E-state index contributed by atoms with van der Waals surface area (Å²) in [5.41, 5.74) is 0.472. The number of hydrogen-bond acceptors (Lipinski definition) is 7. The summed E-state index contributed by atoms with van der Waals surface area (Å²) in [6.45, 7) is 4.51. The van der Waals surface area contributed by atoms with E-state index in [1.54, 1.807) is 13.8 Å². The lowest BCUT2D eigenvalue weighted by atomic mass is 10.2. The van der Waals surface area contributed by atoms with E-state index >= 15 is 0 Å². The number of ether oxygens (including phenoxy) is 1. The Bertz CT molecular complexity index is 828. The zero-order chi connectivity index (χ0) is 18.7. The van der Waals surface area contributed by atoms with Crippen molar-refractivity contribution in [2.45, 2.75) is 26.9 Å². The summed E-state index contributed by atoms with van der Waals surface area (Å²) in [7, 11) is 0. The average molecular weight is 368 g/mol. The highest BCUT2D eigenvalue weighted by atomic mass is 35.5. The van der Waals surface area contributed by atoms with Gasteiger partial charge in [0.25, 0.3) is 11.6 Å². The normalized spacial score (nSPS) is 11.7. The van der Waals surface area contributed by atoms with Gasteiger partial charge in [-0.3, -0.25) is 14.9 Å². The van der Waals surface area contributed by atoms with Crippen molar-refractivity contribution >= 4 is 34.9 Å². The number of aromatic nitrogens is 1. The molecule has 0 bridgehead atoms. The molecule has 2 aromatic rings. The van der Waals surface area contributed by atoms with Gasteiger partial charge < -0.3 is 14.6 Å². The van der Waals surface area contributed by atoms with Crippen molar-refractivity contribution in [3.8, 4) is 0 Å². The van der Waals surface area contributed by atoms with E-state index in [0.29, 0.717) is 5.69 Å². The van der Waals surface area contributed by atoms with Gasteiger partial charge in [0.1, 0.15) is 11.3 Å².